The van der Waals surface area contributed by atoms with E-state index >= 15 is 0 Å². The topological polar surface area (TPSA) is 18.5 Å². The van der Waals surface area contributed by atoms with E-state index in [1.807, 2.05) is 7.11 Å². The number of alkyl halides is 1. The van der Waals surface area contributed by atoms with Crippen LogP contribution in [0.5, 0.6) is 5.75 Å². The molecule has 0 N–H and O–H groups in total. The van der Waals surface area contributed by atoms with Crippen molar-refractivity contribution in [3.63, 3.8) is 0 Å². The summed E-state index contributed by atoms with van der Waals surface area (Å²) < 4.78 is 13.1. The van der Waals surface area contributed by atoms with Crippen molar-refractivity contribution in [2.75, 3.05) is 14.2 Å². The van der Waals surface area contributed by atoms with E-state index in [9.17, 15) is 0 Å². The Kier molecular flexibility index (Phi) is 5.76. The Morgan fingerprint density at radius 3 is 2.27 bits per heavy atom. The molecular formula is C18H26I2O2. The molecule has 0 saturated heterocycles. The molecule has 124 valence electrons. The lowest BCUT2D eigenvalue weighted by molar-refractivity contribution is -0.100. The first-order valence-corrected chi connectivity index (χ1v) is 9.98. The predicted octanol–water partition coefficient (Wildman–Crippen LogP) is 5.66. The van der Waals surface area contributed by atoms with Crippen LogP contribution < -0.4 is 4.74 Å². The van der Waals surface area contributed by atoms with E-state index in [0.717, 1.165) is 12.2 Å². The van der Waals surface area contributed by atoms with Crippen LogP contribution in [0.25, 0.3) is 0 Å². The largest absolute Gasteiger partial charge is 0.497 e. The van der Waals surface area contributed by atoms with Crippen molar-refractivity contribution < 1.29 is 9.47 Å². The van der Waals surface area contributed by atoms with Gasteiger partial charge in [0.2, 0.25) is 0 Å². The number of rotatable bonds is 3. The molecule has 0 radical (unpaired) electrons. The minimum Gasteiger partial charge on any atom is -0.497 e. The van der Waals surface area contributed by atoms with Crippen LogP contribution in [0.2, 0.25) is 0 Å². The second kappa shape index (κ2) is 6.75. The third-order valence-corrected chi connectivity index (χ3v) is 8.45. The number of hydrogen-bond acceptors (Lipinski definition) is 2. The zero-order chi connectivity index (χ0) is 16.7. The van der Waals surface area contributed by atoms with Crippen LogP contribution in [-0.4, -0.2) is 24.2 Å². The first kappa shape index (κ1) is 18.8. The summed E-state index contributed by atoms with van der Waals surface area (Å²) in [6.07, 6.45) is 1.42. The smallest absolute Gasteiger partial charge is 0.119 e. The fraction of sp³-hybridized carbons (Fsp3) is 0.667. The lowest BCUT2D eigenvalue weighted by atomic mass is 9.58. The maximum Gasteiger partial charge on any atom is 0.119 e. The van der Waals surface area contributed by atoms with Crippen LogP contribution in [0.15, 0.2) is 18.2 Å². The fourth-order valence-corrected chi connectivity index (χ4v) is 6.13. The van der Waals surface area contributed by atoms with Gasteiger partial charge in [-0.1, -0.05) is 56.4 Å². The molecular weight excluding hydrogens is 502 g/mol. The minimum absolute atomic E-state index is 0.130. The molecule has 22 heavy (non-hydrogen) atoms. The van der Waals surface area contributed by atoms with E-state index in [-0.39, 0.29) is 16.9 Å². The molecule has 0 heterocycles. The monoisotopic (exact) mass is 528 g/mol. The molecule has 1 aromatic rings. The van der Waals surface area contributed by atoms with Crippen molar-refractivity contribution >= 4 is 45.2 Å². The second-order valence-corrected chi connectivity index (χ2v) is 10.0. The maximum absolute atomic E-state index is 5.92. The summed E-state index contributed by atoms with van der Waals surface area (Å²) in [5.41, 5.74) is 1.73. The summed E-state index contributed by atoms with van der Waals surface area (Å²) >= 11 is 5.09. The quantitative estimate of drug-likeness (QED) is 0.373. The first-order valence-electron chi connectivity index (χ1n) is 7.65. The standard InChI is InChI=1S/C18H26I2O2/c1-17(2)10-13(15(20)18(3,4)16(17)22-6)12-8-7-11(21-5)9-14(12)19/h7-9,13,15-16H,10H2,1-6H3. The van der Waals surface area contributed by atoms with Crippen molar-refractivity contribution in [3.8, 4) is 5.75 Å². The number of halogens is 2. The number of methoxy groups -OCH3 is 2. The molecule has 2 nitrogen and oxygen atoms in total. The molecule has 3 atom stereocenters. The van der Waals surface area contributed by atoms with Crippen molar-refractivity contribution in [2.45, 2.75) is 50.1 Å². The maximum atomic E-state index is 5.92. The van der Waals surface area contributed by atoms with Gasteiger partial charge in [-0.2, -0.15) is 0 Å². The van der Waals surface area contributed by atoms with Gasteiger partial charge in [0.15, 0.2) is 0 Å². The molecule has 4 heteroatoms. The van der Waals surface area contributed by atoms with Crippen LogP contribution in [0.3, 0.4) is 0 Å². The lowest BCUT2D eigenvalue weighted by Crippen LogP contribution is -2.54. The normalized spacial score (nSPS) is 30.1. The average Bonchev–Trinajstić information content (AvgIpc) is 2.43. The summed E-state index contributed by atoms with van der Waals surface area (Å²) in [5, 5.41) is 0. The average molecular weight is 528 g/mol. The predicted molar refractivity (Wildman–Crippen MR) is 109 cm³/mol. The number of ether oxygens (including phenoxy) is 2. The second-order valence-electron chi connectivity index (χ2n) is 7.53. The summed E-state index contributed by atoms with van der Waals surface area (Å²) in [6, 6.07) is 6.47. The zero-order valence-electron chi connectivity index (χ0n) is 14.2. The Bertz CT molecular complexity index is 540. The van der Waals surface area contributed by atoms with Gasteiger partial charge in [-0.25, -0.2) is 0 Å². The molecule has 0 spiro atoms. The van der Waals surface area contributed by atoms with Gasteiger partial charge >= 0.3 is 0 Å². The van der Waals surface area contributed by atoms with E-state index in [1.54, 1.807) is 7.11 Å². The fourth-order valence-electron chi connectivity index (χ4n) is 4.27. The van der Waals surface area contributed by atoms with E-state index in [4.69, 9.17) is 9.47 Å². The van der Waals surface area contributed by atoms with Gasteiger partial charge in [0, 0.05) is 20.0 Å². The summed E-state index contributed by atoms with van der Waals surface area (Å²) in [5.74, 6) is 1.47. The van der Waals surface area contributed by atoms with Crippen molar-refractivity contribution in [1.82, 2.24) is 0 Å². The molecule has 0 amide bonds. The Balaban J connectivity index is 2.44. The molecule has 1 aliphatic carbocycles. The van der Waals surface area contributed by atoms with E-state index in [0.29, 0.717) is 9.84 Å². The summed E-state index contributed by atoms with van der Waals surface area (Å²) in [7, 11) is 3.58. The molecule has 0 aromatic heterocycles. The van der Waals surface area contributed by atoms with Gasteiger partial charge in [0.1, 0.15) is 5.75 Å². The molecule has 3 unspecified atom stereocenters. The Labute approximate surface area is 162 Å². The molecule has 2 rings (SSSR count). The Morgan fingerprint density at radius 1 is 1.14 bits per heavy atom. The van der Waals surface area contributed by atoms with Crippen LogP contribution in [-0.2, 0) is 4.74 Å². The molecule has 0 bridgehead atoms. The van der Waals surface area contributed by atoms with E-state index in [2.05, 4.69) is 91.1 Å². The van der Waals surface area contributed by atoms with Gasteiger partial charge in [0.05, 0.1) is 13.2 Å². The number of benzene rings is 1. The SMILES string of the molecule is COc1ccc(C2CC(C)(C)C(OC)C(C)(C)C2I)c(I)c1. The van der Waals surface area contributed by atoms with Gasteiger partial charge in [-0.05, 0) is 58.0 Å². The Hall–Kier alpha value is 0.440. The number of hydrogen-bond donors (Lipinski definition) is 0. The first-order chi connectivity index (χ1) is 10.1. The molecule has 1 fully saturated rings. The van der Waals surface area contributed by atoms with Gasteiger partial charge in [-0.15, -0.1) is 0 Å². The van der Waals surface area contributed by atoms with E-state index < -0.39 is 0 Å². The van der Waals surface area contributed by atoms with Crippen LogP contribution in [0, 0.1) is 14.4 Å². The third kappa shape index (κ3) is 3.29. The zero-order valence-corrected chi connectivity index (χ0v) is 18.6. The summed E-state index contributed by atoms with van der Waals surface area (Å²) in [4.78, 5) is 0. The highest BCUT2D eigenvalue weighted by molar-refractivity contribution is 14.1. The lowest BCUT2D eigenvalue weighted by Gasteiger charge is -2.54. The van der Waals surface area contributed by atoms with E-state index in [1.165, 1.54) is 9.13 Å². The Morgan fingerprint density at radius 2 is 1.77 bits per heavy atom. The highest BCUT2D eigenvalue weighted by Crippen LogP contribution is 2.56. The highest BCUT2D eigenvalue weighted by atomic mass is 127. The molecule has 0 aliphatic heterocycles. The van der Waals surface area contributed by atoms with Crippen LogP contribution in [0.4, 0.5) is 0 Å². The molecule has 1 aliphatic rings. The van der Waals surface area contributed by atoms with Gasteiger partial charge in [0.25, 0.3) is 0 Å². The van der Waals surface area contributed by atoms with Crippen molar-refractivity contribution in [3.05, 3.63) is 27.3 Å². The van der Waals surface area contributed by atoms with Gasteiger partial charge in [-0.3, -0.25) is 0 Å². The summed E-state index contributed by atoms with van der Waals surface area (Å²) in [6.45, 7) is 9.38. The molecule has 1 saturated carbocycles. The third-order valence-electron chi connectivity index (χ3n) is 5.04. The van der Waals surface area contributed by atoms with Crippen LogP contribution >= 0.6 is 45.2 Å². The minimum atomic E-state index is 0.130. The highest BCUT2D eigenvalue weighted by Gasteiger charge is 2.53. The van der Waals surface area contributed by atoms with Gasteiger partial charge < -0.3 is 9.47 Å². The van der Waals surface area contributed by atoms with Crippen LogP contribution in [0.1, 0.15) is 45.6 Å². The van der Waals surface area contributed by atoms with Crippen molar-refractivity contribution in [1.29, 1.82) is 0 Å². The molecule has 1 aromatic carbocycles. The van der Waals surface area contributed by atoms with Crippen molar-refractivity contribution in [2.24, 2.45) is 10.8 Å².